The molecule has 0 spiro atoms. The summed E-state index contributed by atoms with van der Waals surface area (Å²) < 4.78 is 0.700. The Labute approximate surface area is 240 Å². The number of aromatic nitrogens is 1. The van der Waals surface area contributed by atoms with Crippen molar-refractivity contribution < 1.29 is 19.5 Å². The van der Waals surface area contributed by atoms with Crippen LogP contribution in [0.1, 0.15) is 47.4 Å². The molecule has 0 radical (unpaired) electrons. The monoisotopic (exact) mass is 610 g/mol. The standard InChI is InChI=1S/C29H31BrN4O4S/c1-16(2)25(34-13-20-5-4-6-22(30)24(20)28(34)37)29(38)33-14-21(35)11-23(33)27(36)31-12-18-7-9-19(10-8-18)26-17(3)32-15-39-26/h4-10,15-16,21,23,25,35H,11-14H2,1-3H3,(H,31,36)/t21-,23+,25+/m1/s1. The molecule has 10 heteroatoms. The molecule has 2 N–H and O–H groups in total. The number of carbonyl (C=O) groups is 3. The molecule has 8 nitrogen and oxygen atoms in total. The molecule has 3 heterocycles. The molecular weight excluding hydrogens is 580 g/mol. The molecule has 0 aliphatic carbocycles. The number of nitrogens with one attached hydrogen (secondary N) is 1. The zero-order chi connectivity index (χ0) is 27.8. The van der Waals surface area contributed by atoms with Crippen LogP contribution in [-0.4, -0.2) is 62.3 Å². The highest BCUT2D eigenvalue weighted by Gasteiger charge is 2.46. The molecule has 1 saturated heterocycles. The Bertz CT molecular complexity index is 1410. The summed E-state index contributed by atoms with van der Waals surface area (Å²) in [6.07, 6.45) is -0.647. The molecule has 2 aliphatic rings. The smallest absolute Gasteiger partial charge is 0.256 e. The van der Waals surface area contributed by atoms with E-state index in [9.17, 15) is 19.5 Å². The summed E-state index contributed by atoms with van der Waals surface area (Å²) in [7, 11) is 0. The predicted molar refractivity (Wildman–Crippen MR) is 153 cm³/mol. The Balaban J connectivity index is 1.28. The van der Waals surface area contributed by atoms with Crippen LogP contribution in [0, 0.1) is 12.8 Å². The number of aliphatic hydroxyl groups is 1. The van der Waals surface area contributed by atoms with E-state index >= 15 is 0 Å². The zero-order valence-corrected chi connectivity index (χ0v) is 24.5. The summed E-state index contributed by atoms with van der Waals surface area (Å²) >= 11 is 5.05. The molecule has 2 aliphatic heterocycles. The molecule has 39 heavy (non-hydrogen) atoms. The maximum atomic E-state index is 13.9. The summed E-state index contributed by atoms with van der Waals surface area (Å²) in [5, 5.41) is 13.4. The van der Waals surface area contributed by atoms with Gasteiger partial charge in [-0.25, -0.2) is 4.98 Å². The van der Waals surface area contributed by atoms with Crippen LogP contribution in [0.5, 0.6) is 0 Å². The van der Waals surface area contributed by atoms with Gasteiger partial charge in [0.05, 0.1) is 27.7 Å². The maximum absolute atomic E-state index is 13.9. The van der Waals surface area contributed by atoms with Gasteiger partial charge >= 0.3 is 0 Å². The van der Waals surface area contributed by atoms with Gasteiger partial charge in [-0.05, 0) is 51.5 Å². The lowest BCUT2D eigenvalue weighted by Crippen LogP contribution is -2.55. The number of carbonyl (C=O) groups excluding carboxylic acids is 3. The van der Waals surface area contributed by atoms with Gasteiger partial charge in [0.15, 0.2) is 0 Å². The normalized spacial score (nSPS) is 19.5. The van der Waals surface area contributed by atoms with Crippen LogP contribution in [0.15, 0.2) is 52.4 Å². The summed E-state index contributed by atoms with van der Waals surface area (Å²) in [6, 6.07) is 12.0. The molecule has 5 rings (SSSR count). The van der Waals surface area contributed by atoms with Crippen molar-refractivity contribution in [1.82, 2.24) is 20.1 Å². The third kappa shape index (κ3) is 5.37. The van der Waals surface area contributed by atoms with Crippen molar-refractivity contribution in [2.45, 2.75) is 58.5 Å². The first-order valence-corrected chi connectivity index (χ1v) is 14.7. The number of β-amino-alcohol motifs (C(OH)–C–C–N with tert-alkyl or cyclic N) is 1. The van der Waals surface area contributed by atoms with Gasteiger partial charge in [0.1, 0.15) is 12.1 Å². The minimum absolute atomic E-state index is 0.0573. The van der Waals surface area contributed by atoms with Gasteiger partial charge in [0.25, 0.3) is 5.91 Å². The third-order valence-corrected chi connectivity index (χ3v) is 9.07. The minimum atomic E-state index is -0.806. The van der Waals surface area contributed by atoms with Crippen LogP contribution < -0.4 is 5.32 Å². The molecule has 2 aromatic carbocycles. The maximum Gasteiger partial charge on any atom is 0.256 e. The molecule has 0 unspecified atom stereocenters. The molecule has 0 bridgehead atoms. The van der Waals surface area contributed by atoms with Gasteiger partial charge < -0.3 is 20.2 Å². The largest absolute Gasteiger partial charge is 0.391 e. The first-order chi connectivity index (χ1) is 18.7. The van der Waals surface area contributed by atoms with Gasteiger partial charge in [-0.15, -0.1) is 11.3 Å². The van der Waals surface area contributed by atoms with E-state index in [1.165, 1.54) is 4.90 Å². The van der Waals surface area contributed by atoms with E-state index in [0.29, 0.717) is 23.1 Å². The second-order valence-electron chi connectivity index (χ2n) is 10.5. The number of amides is 3. The topological polar surface area (TPSA) is 103 Å². The lowest BCUT2D eigenvalue weighted by molar-refractivity contribution is -0.143. The number of likely N-dealkylation sites (tertiary alicyclic amines) is 1. The molecule has 204 valence electrons. The van der Waals surface area contributed by atoms with Crippen LogP contribution in [0.4, 0.5) is 0 Å². The Morgan fingerprint density at radius 2 is 1.95 bits per heavy atom. The van der Waals surface area contributed by atoms with Crippen molar-refractivity contribution in [3.05, 3.63) is 74.8 Å². The lowest BCUT2D eigenvalue weighted by Gasteiger charge is -2.35. The molecule has 0 saturated carbocycles. The first-order valence-electron chi connectivity index (χ1n) is 13.0. The quantitative estimate of drug-likeness (QED) is 0.418. The first kappa shape index (κ1) is 27.5. The lowest BCUT2D eigenvalue weighted by atomic mass is 10.0. The average Bonchev–Trinajstić information content (AvgIpc) is 3.60. The molecular formula is C29H31BrN4O4S. The number of fused-ring (bicyclic) bond motifs is 1. The Kier molecular flexibility index (Phi) is 7.89. The van der Waals surface area contributed by atoms with Crippen LogP contribution in [0.3, 0.4) is 0 Å². The van der Waals surface area contributed by atoms with E-state index in [2.05, 4.69) is 26.2 Å². The predicted octanol–water partition coefficient (Wildman–Crippen LogP) is 4.14. The van der Waals surface area contributed by atoms with Gasteiger partial charge in [-0.1, -0.05) is 50.2 Å². The van der Waals surface area contributed by atoms with E-state index in [4.69, 9.17) is 0 Å². The van der Waals surface area contributed by atoms with Crippen molar-refractivity contribution in [1.29, 1.82) is 0 Å². The fourth-order valence-corrected chi connectivity index (χ4v) is 6.87. The van der Waals surface area contributed by atoms with Gasteiger partial charge in [0, 0.05) is 30.5 Å². The van der Waals surface area contributed by atoms with Gasteiger partial charge in [-0.3, -0.25) is 14.4 Å². The summed E-state index contributed by atoms with van der Waals surface area (Å²) in [6.45, 7) is 6.45. The van der Waals surface area contributed by atoms with E-state index in [-0.39, 0.29) is 36.6 Å². The highest BCUT2D eigenvalue weighted by atomic mass is 79.9. The number of hydrogen-bond donors (Lipinski definition) is 2. The number of benzene rings is 2. The number of rotatable bonds is 7. The Morgan fingerprint density at radius 3 is 2.59 bits per heavy atom. The van der Waals surface area contributed by atoms with Crippen molar-refractivity contribution in [3.8, 4) is 10.4 Å². The van der Waals surface area contributed by atoms with Crippen LogP contribution in [0.25, 0.3) is 10.4 Å². The number of nitrogens with zero attached hydrogens (tertiary/aromatic N) is 3. The van der Waals surface area contributed by atoms with Crippen LogP contribution >= 0.6 is 27.3 Å². The highest BCUT2D eigenvalue weighted by molar-refractivity contribution is 9.10. The number of thiazole rings is 1. The Hall–Kier alpha value is -3.08. The van der Waals surface area contributed by atoms with Crippen molar-refractivity contribution in [2.75, 3.05) is 6.54 Å². The highest BCUT2D eigenvalue weighted by Crippen LogP contribution is 2.34. The average molecular weight is 612 g/mol. The molecule has 3 aromatic rings. The van der Waals surface area contributed by atoms with E-state index in [0.717, 1.165) is 27.3 Å². The van der Waals surface area contributed by atoms with Crippen LogP contribution in [-0.2, 0) is 22.7 Å². The number of aryl methyl sites for hydroxylation is 1. The zero-order valence-electron chi connectivity index (χ0n) is 22.1. The summed E-state index contributed by atoms with van der Waals surface area (Å²) in [4.78, 5) is 49.0. The van der Waals surface area contributed by atoms with E-state index in [1.807, 2.05) is 68.7 Å². The molecule has 3 amide bonds. The van der Waals surface area contributed by atoms with Crippen LogP contribution in [0.2, 0.25) is 0 Å². The number of halogens is 1. The number of hydrogen-bond acceptors (Lipinski definition) is 6. The minimum Gasteiger partial charge on any atom is -0.391 e. The van der Waals surface area contributed by atoms with Crippen molar-refractivity contribution in [2.24, 2.45) is 5.92 Å². The molecule has 3 atom stereocenters. The summed E-state index contributed by atoms with van der Waals surface area (Å²) in [5.74, 6) is -1.02. The Morgan fingerprint density at radius 1 is 1.21 bits per heavy atom. The number of aliphatic hydroxyl groups excluding tert-OH is 1. The third-order valence-electron chi connectivity index (χ3n) is 7.43. The SMILES string of the molecule is Cc1ncsc1-c1ccc(CNC(=O)[C@@H]2C[C@@H](O)CN2C(=O)[C@H](C(C)C)N2Cc3cccc(Br)c3C2=O)cc1. The summed E-state index contributed by atoms with van der Waals surface area (Å²) in [5.41, 5.74) is 6.24. The second kappa shape index (κ2) is 11.2. The second-order valence-corrected chi connectivity index (χ2v) is 12.2. The molecule has 1 aromatic heterocycles. The van der Waals surface area contributed by atoms with E-state index < -0.39 is 18.2 Å². The molecule has 1 fully saturated rings. The van der Waals surface area contributed by atoms with Gasteiger partial charge in [0.2, 0.25) is 11.8 Å². The fourth-order valence-electron chi connectivity index (χ4n) is 5.48. The van der Waals surface area contributed by atoms with Crippen molar-refractivity contribution >= 4 is 45.0 Å². The van der Waals surface area contributed by atoms with Gasteiger partial charge in [-0.2, -0.15) is 0 Å². The van der Waals surface area contributed by atoms with Crippen molar-refractivity contribution in [3.63, 3.8) is 0 Å². The van der Waals surface area contributed by atoms with E-state index in [1.54, 1.807) is 16.2 Å². The fraction of sp³-hybridized carbons (Fsp3) is 0.379.